The maximum absolute atomic E-state index is 13.3. The van der Waals surface area contributed by atoms with Gasteiger partial charge in [-0.25, -0.2) is 4.98 Å². The lowest BCUT2D eigenvalue weighted by molar-refractivity contribution is -0.0585. The van der Waals surface area contributed by atoms with Crippen molar-refractivity contribution in [3.8, 4) is 11.3 Å². The van der Waals surface area contributed by atoms with E-state index in [0.29, 0.717) is 41.1 Å². The molecule has 1 amide bonds. The van der Waals surface area contributed by atoms with Crippen LogP contribution in [0.15, 0.2) is 40.9 Å². The number of morpholine rings is 1. The molecular weight excluding hydrogens is 330 g/mol. The van der Waals surface area contributed by atoms with E-state index in [9.17, 15) is 4.79 Å². The molecule has 1 aliphatic heterocycles. The maximum Gasteiger partial charge on any atom is 0.259 e. The second-order valence-corrected chi connectivity index (χ2v) is 6.84. The maximum atomic E-state index is 13.3. The van der Waals surface area contributed by atoms with E-state index in [1.54, 1.807) is 0 Å². The summed E-state index contributed by atoms with van der Waals surface area (Å²) in [7, 11) is 0. The molecule has 1 saturated heterocycles. The molecule has 3 aromatic rings. The fourth-order valence-electron chi connectivity index (χ4n) is 3.53. The first-order valence-electron chi connectivity index (χ1n) is 8.80. The van der Waals surface area contributed by atoms with Crippen molar-refractivity contribution < 1.29 is 14.1 Å². The molecule has 1 aromatic carbocycles. The molecule has 26 heavy (non-hydrogen) atoms. The van der Waals surface area contributed by atoms with Gasteiger partial charge in [0.25, 0.3) is 11.6 Å². The Bertz CT molecular complexity index is 942. The summed E-state index contributed by atoms with van der Waals surface area (Å²) in [6.45, 7) is 6.93. The summed E-state index contributed by atoms with van der Waals surface area (Å²) in [4.78, 5) is 19.7. The van der Waals surface area contributed by atoms with Gasteiger partial charge in [-0.1, -0.05) is 35.5 Å². The topological polar surface area (TPSA) is 68.5 Å². The zero-order chi connectivity index (χ0) is 18.3. The Morgan fingerprint density at radius 2 is 1.85 bits per heavy atom. The average Bonchev–Trinajstić information content (AvgIpc) is 3.01. The molecular formula is C20H21N3O3. The van der Waals surface area contributed by atoms with Crippen molar-refractivity contribution in [2.45, 2.75) is 33.0 Å². The molecule has 0 bridgehead atoms. The predicted molar refractivity (Wildman–Crippen MR) is 97.9 cm³/mol. The fraction of sp³-hybridized carbons (Fsp3) is 0.350. The van der Waals surface area contributed by atoms with Crippen LogP contribution < -0.4 is 0 Å². The number of carbonyl (C=O) groups excluding carboxylic acids is 1. The number of carbonyl (C=O) groups is 1. The van der Waals surface area contributed by atoms with Crippen molar-refractivity contribution in [3.63, 3.8) is 0 Å². The van der Waals surface area contributed by atoms with Crippen LogP contribution in [0.25, 0.3) is 22.4 Å². The van der Waals surface area contributed by atoms with Gasteiger partial charge in [-0.3, -0.25) is 4.79 Å². The zero-order valence-corrected chi connectivity index (χ0v) is 15.1. The second kappa shape index (κ2) is 6.53. The van der Waals surface area contributed by atoms with E-state index < -0.39 is 0 Å². The minimum Gasteiger partial charge on any atom is -0.372 e. The first kappa shape index (κ1) is 16.7. The molecule has 0 aliphatic carbocycles. The number of pyridine rings is 1. The molecule has 2 unspecified atom stereocenters. The number of rotatable bonds is 2. The number of ether oxygens (including phenoxy) is 1. The standard InChI is InChI=1S/C20H21N3O3/c1-12-10-23(11-13(2)25-12)20(24)16-9-17(15-7-5-4-6-8-15)21-19-18(16)14(3)22-26-19/h4-9,12-13H,10-11H2,1-3H3. The third kappa shape index (κ3) is 2.97. The molecule has 6 heteroatoms. The highest BCUT2D eigenvalue weighted by atomic mass is 16.5. The van der Waals surface area contributed by atoms with Gasteiger partial charge in [0.1, 0.15) is 0 Å². The highest BCUT2D eigenvalue weighted by Crippen LogP contribution is 2.28. The van der Waals surface area contributed by atoms with Crippen molar-refractivity contribution in [2.75, 3.05) is 13.1 Å². The van der Waals surface area contributed by atoms with Crippen LogP contribution in [-0.4, -0.2) is 46.2 Å². The summed E-state index contributed by atoms with van der Waals surface area (Å²) in [5.74, 6) is -0.0390. The Morgan fingerprint density at radius 1 is 1.15 bits per heavy atom. The quantitative estimate of drug-likeness (QED) is 0.707. The first-order chi connectivity index (χ1) is 12.5. The summed E-state index contributed by atoms with van der Waals surface area (Å²) in [6.07, 6.45) is 0.0226. The zero-order valence-electron chi connectivity index (χ0n) is 15.1. The molecule has 4 rings (SSSR count). The third-order valence-electron chi connectivity index (χ3n) is 4.62. The van der Waals surface area contributed by atoms with Crippen molar-refractivity contribution in [2.24, 2.45) is 0 Å². The van der Waals surface area contributed by atoms with Crippen molar-refractivity contribution in [1.82, 2.24) is 15.0 Å². The second-order valence-electron chi connectivity index (χ2n) is 6.84. The molecule has 0 radical (unpaired) electrons. The highest BCUT2D eigenvalue weighted by molar-refractivity contribution is 6.07. The number of hydrogen-bond acceptors (Lipinski definition) is 5. The Kier molecular flexibility index (Phi) is 4.20. The van der Waals surface area contributed by atoms with Crippen molar-refractivity contribution in [1.29, 1.82) is 0 Å². The molecule has 1 fully saturated rings. The fourth-order valence-corrected chi connectivity index (χ4v) is 3.53. The van der Waals surface area contributed by atoms with Gasteiger partial charge in [0.2, 0.25) is 0 Å². The Morgan fingerprint density at radius 3 is 2.54 bits per heavy atom. The summed E-state index contributed by atoms with van der Waals surface area (Å²) >= 11 is 0. The number of nitrogens with zero attached hydrogens (tertiary/aromatic N) is 3. The number of aryl methyl sites for hydroxylation is 1. The van der Waals surface area contributed by atoms with Gasteiger partial charge < -0.3 is 14.2 Å². The van der Waals surface area contributed by atoms with E-state index in [4.69, 9.17) is 9.26 Å². The SMILES string of the molecule is Cc1noc2nc(-c3ccccc3)cc(C(=O)N3CC(C)OC(C)C3)c12. The number of amides is 1. The molecule has 0 saturated carbocycles. The largest absolute Gasteiger partial charge is 0.372 e. The summed E-state index contributed by atoms with van der Waals surface area (Å²) in [6, 6.07) is 11.6. The third-order valence-corrected chi connectivity index (χ3v) is 4.62. The molecule has 134 valence electrons. The monoisotopic (exact) mass is 351 g/mol. The lowest BCUT2D eigenvalue weighted by Gasteiger charge is -2.35. The minimum atomic E-state index is -0.0390. The summed E-state index contributed by atoms with van der Waals surface area (Å²) in [5.41, 5.74) is 3.27. The average molecular weight is 351 g/mol. The lowest BCUT2D eigenvalue weighted by Crippen LogP contribution is -2.48. The van der Waals surface area contributed by atoms with Crippen molar-refractivity contribution >= 4 is 17.0 Å². The minimum absolute atomic E-state index is 0.0113. The molecule has 0 N–H and O–H groups in total. The van der Waals surface area contributed by atoms with E-state index in [0.717, 1.165) is 5.56 Å². The van der Waals surface area contributed by atoms with Crippen LogP contribution in [0.1, 0.15) is 29.9 Å². The normalized spacial score (nSPS) is 20.5. The van der Waals surface area contributed by atoms with Gasteiger partial charge in [-0.05, 0) is 26.8 Å². The van der Waals surface area contributed by atoms with E-state index in [1.165, 1.54) is 0 Å². The van der Waals surface area contributed by atoms with Gasteiger partial charge in [0.15, 0.2) is 0 Å². The van der Waals surface area contributed by atoms with Gasteiger partial charge in [0.05, 0.1) is 34.5 Å². The Labute approximate surface area is 151 Å². The smallest absolute Gasteiger partial charge is 0.259 e. The van der Waals surface area contributed by atoms with Crippen LogP contribution in [0.5, 0.6) is 0 Å². The molecule has 2 aromatic heterocycles. The van der Waals surface area contributed by atoms with E-state index >= 15 is 0 Å². The van der Waals surface area contributed by atoms with E-state index in [1.807, 2.05) is 62.1 Å². The number of benzene rings is 1. The van der Waals surface area contributed by atoms with E-state index in [2.05, 4.69) is 10.1 Å². The lowest BCUT2D eigenvalue weighted by atomic mass is 10.0. The number of fused-ring (bicyclic) bond motifs is 1. The molecule has 0 spiro atoms. The molecule has 1 aliphatic rings. The number of aromatic nitrogens is 2. The number of hydrogen-bond donors (Lipinski definition) is 0. The highest BCUT2D eigenvalue weighted by Gasteiger charge is 2.29. The Balaban J connectivity index is 1.82. The van der Waals surface area contributed by atoms with Crippen molar-refractivity contribution in [3.05, 3.63) is 47.7 Å². The molecule has 3 heterocycles. The predicted octanol–water partition coefficient (Wildman–Crippen LogP) is 3.45. The van der Waals surface area contributed by atoms with Gasteiger partial charge in [0, 0.05) is 18.7 Å². The van der Waals surface area contributed by atoms with Gasteiger partial charge >= 0.3 is 0 Å². The van der Waals surface area contributed by atoms with Crippen LogP contribution in [0.4, 0.5) is 0 Å². The van der Waals surface area contributed by atoms with Crippen LogP contribution in [0.2, 0.25) is 0 Å². The van der Waals surface area contributed by atoms with Crippen LogP contribution in [-0.2, 0) is 4.74 Å². The molecule has 6 nitrogen and oxygen atoms in total. The van der Waals surface area contributed by atoms with Crippen LogP contribution in [0, 0.1) is 6.92 Å². The van der Waals surface area contributed by atoms with Crippen LogP contribution >= 0.6 is 0 Å². The van der Waals surface area contributed by atoms with E-state index in [-0.39, 0.29) is 18.1 Å². The molecule has 2 atom stereocenters. The van der Waals surface area contributed by atoms with Gasteiger partial charge in [-0.15, -0.1) is 0 Å². The summed E-state index contributed by atoms with van der Waals surface area (Å²) in [5, 5.41) is 4.70. The summed E-state index contributed by atoms with van der Waals surface area (Å²) < 4.78 is 11.1. The van der Waals surface area contributed by atoms with Crippen LogP contribution in [0.3, 0.4) is 0 Å². The van der Waals surface area contributed by atoms with Gasteiger partial charge in [-0.2, -0.15) is 0 Å². The Hall–Kier alpha value is -2.73. The first-order valence-corrected chi connectivity index (χ1v) is 8.80.